The van der Waals surface area contributed by atoms with Crippen LogP contribution in [0.4, 0.5) is 13.2 Å². The second-order valence-corrected chi connectivity index (χ2v) is 8.72. The number of alkyl halides is 3. The van der Waals surface area contributed by atoms with Crippen LogP contribution in [0.3, 0.4) is 0 Å². The predicted molar refractivity (Wildman–Crippen MR) is 126 cm³/mol. The van der Waals surface area contributed by atoms with Gasteiger partial charge in [-0.1, -0.05) is 61.2 Å². The zero-order valence-corrected chi connectivity index (χ0v) is 19.0. The molecular weight excluding hydrogens is 443 g/mol. The van der Waals surface area contributed by atoms with E-state index < -0.39 is 11.9 Å². The van der Waals surface area contributed by atoms with Crippen molar-refractivity contribution >= 4 is 34.7 Å². The summed E-state index contributed by atoms with van der Waals surface area (Å²) in [4.78, 5) is 7.08. The average Bonchev–Trinajstić information content (AvgIpc) is 3.10. The van der Waals surface area contributed by atoms with Gasteiger partial charge < -0.3 is 10.6 Å². The fourth-order valence-electron chi connectivity index (χ4n) is 3.43. The fourth-order valence-corrected chi connectivity index (χ4v) is 4.85. The number of rotatable bonds is 4. The highest BCUT2D eigenvalue weighted by atomic mass is 35.5. The molecule has 3 nitrogen and oxygen atoms in total. The first kappa shape index (κ1) is 24.9. The molecule has 2 N–H and O–H groups in total. The van der Waals surface area contributed by atoms with E-state index in [1.807, 2.05) is 25.2 Å². The maximum Gasteiger partial charge on any atom is 0.431 e. The molecule has 1 atom stereocenters. The zero-order chi connectivity index (χ0) is 23.2. The molecule has 0 saturated carbocycles. The van der Waals surface area contributed by atoms with Crippen LogP contribution in [0.2, 0.25) is 4.34 Å². The van der Waals surface area contributed by atoms with Crippen molar-refractivity contribution in [3.63, 3.8) is 0 Å². The van der Waals surface area contributed by atoms with E-state index in [1.54, 1.807) is 24.3 Å². The van der Waals surface area contributed by atoms with E-state index in [2.05, 4.69) is 23.1 Å². The van der Waals surface area contributed by atoms with Gasteiger partial charge in [-0.05, 0) is 29.8 Å². The lowest BCUT2D eigenvalue weighted by Gasteiger charge is -2.31. The van der Waals surface area contributed by atoms with Crippen LogP contribution in [-0.4, -0.2) is 37.9 Å². The van der Waals surface area contributed by atoms with Gasteiger partial charge in [-0.2, -0.15) is 13.2 Å². The van der Waals surface area contributed by atoms with Crippen molar-refractivity contribution in [3.8, 4) is 0 Å². The lowest BCUT2D eigenvalue weighted by atomic mass is 9.83. The third-order valence-corrected chi connectivity index (χ3v) is 6.01. The summed E-state index contributed by atoms with van der Waals surface area (Å²) in [7, 11) is 3.41. The number of hydrogen-bond donors (Lipinski definition) is 1. The Morgan fingerprint density at radius 2 is 1.90 bits per heavy atom. The van der Waals surface area contributed by atoms with E-state index in [4.69, 9.17) is 17.3 Å². The van der Waals surface area contributed by atoms with Crippen LogP contribution >= 0.6 is 22.9 Å². The molecule has 1 aromatic heterocycles. The van der Waals surface area contributed by atoms with Crippen molar-refractivity contribution in [3.05, 3.63) is 87.2 Å². The fraction of sp³-hybridized carbons (Fsp3) is 0.261. The molecule has 0 fully saturated rings. The Morgan fingerprint density at radius 3 is 2.48 bits per heavy atom. The minimum Gasteiger partial charge on any atom is -0.394 e. The molecule has 166 valence electrons. The normalized spacial score (nSPS) is 17.4. The quantitative estimate of drug-likeness (QED) is 0.425. The molecule has 0 amide bonds. The highest BCUT2D eigenvalue weighted by Gasteiger charge is 2.36. The molecule has 3 rings (SSSR count). The Morgan fingerprint density at radius 1 is 1.26 bits per heavy atom. The van der Waals surface area contributed by atoms with Crippen LogP contribution in [0, 0.1) is 0 Å². The summed E-state index contributed by atoms with van der Waals surface area (Å²) < 4.78 is 40.6. The minimum absolute atomic E-state index is 0.0972. The van der Waals surface area contributed by atoms with Gasteiger partial charge in [0, 0.05) is 42.7 Å². The van der Waals surface area contributed by atoms with Crippen LogP contribution in [0.1, 0.15) is 27.5 Å². The summed E-state index contributed by atoms with van der Waals surface area (Å²) in [5.74, 6) is -0.0972. The van der Waals surface area contributed by atoms with Crippen molar-refractivity contribution < 1.29 is 13.2 Å². The Balaban J connectivity index is 0.000000785. The highest BCUT2D eigenvalue weighted by molar-refractivity contribution is 7.16. The second kappa shape index (κ2) is 10.8. The van der Waals surface area contributed by atoms with Crippen molar-refractivity contribution in [1.29, 1.82) is 0 Å². The number of benzene rings is 1. The number of halogens is 4. The van der Waals surface area contributed by atoms with Gasteiger partial charge in [0.1, 0.15) is 5.70 Å². The van der Waals surface area contributed by atoms with E-state index in [1.165, 1.54) is 24.6 Å². The maximum atomic E-state index is 13.3. The Hall–Kier alpha value is -2.35. The molecular formula is C23H25ClF3N3S. The summed E-state index contributed by atoms with van der Waals surface area (Å²) in [6.07, 6.45) is -0.181. The molecule has 0 bridgehead atoms. The molecule has 31 heavy (non-hydrogen) atoms. The van der Waals surface area contributed by atoms with Gasteiger partial charge in [-0.15, -0.1) is 11.3 Å². The molecule has 0 radical (unpaired) electrons. The maximum absolute atomic E-state index is 13.3. The molecule has 2 heterocycles. The monoisotopic (exact) mass is 467 g/mol. The summed E-state index contributed by atoms with van der Waals surface area (Å²) in [6, 6.07) is 8.96. The molecule has 1 aliphatic heterocycles. The molecule has 8 heteroatoms. The van der Waals surface area contributed by atoms with Crippen molar-refractivity contribution in [1.82, 2.24) is 4.90 Å². The minimum atomic E-state index is -4.64. The van der Waals surface area contributed by atoms with Gasteiger partial charge in [0.2, 0.25) is 0 Å². The number of nitrogens with zero attached hydrogens (tertiary/aromatic N) is 2. The number of hydrogen-bond acceptors (Lipinski definition) is 4. The molecule has 0 aliphatic carbocycles. The summed E-state index contributed by atoms with van der Waals surface area (Å²) in [5.41, 5.74) is 6.49. The van der Waals surface area contributed by atoms with Gasteiger partial charge in [0.15, 0.2) is 0 Å². The van der Waals surface area contributed by atoms with Gasteiger partial charge >= 0.3 is 6.18 Å². The van der Waals surface area contributed by atoms with Crippen molar-refractivity contribution in [2.75, 3.05) is 20.6 Å². The molecule has 0 saturated heterocycles. The molecule has 1 aromatic carbocycles. The summed E-state index contributed by atoms with van der Waals surface area (Å²) >= 11 is 7.72. The first-order valence-corrected chi connectivity index (χ1v) is 10.6. The molecule has 2 aromatic rings. The van der Waals surface area contributed by atoms with Crippen LogP contribution in [0.15, 0.2) is 66.3 Å². The molecule has 0 spiro atoms. The standard InChI is InChI=1S/C19H19ClF3N3S.C4H6/c1-25-8-14(18(24)19(21,22)23)11-5-3-4-6-12(11)15-9-26(2)10-16-13(15)7-17(20)27-16;1-3-4-2/h3-8,15H,9-10,24H2,1-2H3;3-4H,1-2H2/b18-14+,25-8?;. The molecule has 1 aliphatic rings. The third kappa shape index (κ3) is 6.09. The van der Waals surface area contributed by atoms with Gasteiger partial charge in [-0.3, -0.25) is 4.99 Å². The van der Waals surface area contributed by atoms with Crippen LogP contribution in [-0.2, 0) is 6.54 Å². The van der Waals surface area contributed by atoms with E-state index in [0.717, 1.165) is 22.5 Å². The van der Waals surface area contributed by atoms with Crippen molar-refractivity contribution in [2.45, 2.75) is 18.6 Å². The van der Waals surface area contributed by atoms with Crippen LogP contribution in [0.25, 0.3) is 5.57 Å². The number of allylic oxidation sites excluding steroid dienone is 4. The molecule has 1 unspecified atom stereocenters. The Kier molecular flexibility index (Phi) is 8.68. The van der Waals surface area contributed by atoms with E-state index >= 15 is 0 Å². The third-order valence-electron chi connectivity index (χ3n) is 4.74. The topological polar surface area (TPSA) is 41.6 Å². The summed E-state index contributed by atoms with van der Waals surface area (Å²) in [6.45, 7) is 8.18. The largest absolute Gasteiger partial charge is 0.431 e. The van der Waals surface area contributed by atoms with Gasteiger partial charge in [-0.25, -0.2) is 0 Å². The lowest BCUT2D eigenvalue weighted by molar-refractivity contribution is -0.0918. The van der Waals surface area contributed by atoms with Crippen LogP contribution < -0.4 is 5.73 Å². The number of thiophene rings is 1. The highest BCUT2D eigenvalue weighted by Crippen LogP contribution is 2.42. The summed E-state index contributed by atoms with van der Waals surface area (Å²) in [5, 5.41) is 0. The Bertz CT molecular complexity index is 986. The van der Waals surface area contributed by atoms with Gasteiger partial charge in [0.25, 0.3) is 0 Å². The number of aliphatic imine (C=N–C) groups is 1. The van der Waals surface area contributed by atoms with E-state index in [0.29, 0.717) is 16.4 Å². The first-order valence-electron chi connectivity index (χ1n) is 9.42. The zero-order valence-electron chi connectivity index (χ0n) is 17.4. The smallest absolute Gasteiger partial charge is 0.394 e. The van der Waals surface area contributed by atoms with Crippen LogP contribution in [0.5, 0.6) is 0 Å². The van der Waals surface area contributed by atoms with E-state index in [-0.39, 0.29) is 11.5 Å². The number of fused-ring (bicyclic) bond motifs is 1. The van der Waals surface area contributed by atoms with Gasteiger partial charge in [0.05, 0.1) is 4.34 Å². The predicted octanol–water partition coefficient (Wildman–Crippen LogP) is 6.27. The second-order valence-electron chi connectivity index (χ2n) is 6.95. The Labute approximate surface area is 190 Å². The van der Waals surface area contributed by atoms with Crippen molar-refractivity contribution in [2.24, 2.45) is 10.7 Å². The first-order chi connectivity index (χ1) is 14.6. The average molecular weight is 468 g/mol. The van der Waals surface area contributed by atoms with E-state index in [9.17, 15) is 13.2 Å². The lowest BCUT2D eigenvalue weighted by Crippen LogP contribution is -2.30. The SMILES string of the molecule is C=CC=C.CN=C/C(=C(\N)C(F)(F)F)c1ccccc1C1CN(C)Cc2sc(Cl)cc21. The number of nitrogens with two attached hydrogens (primary N) is 1. The number of likely N-dealkylation sites (N-methyl/N-ethyl adjacent to an activating group) is 1.